The summed E-state index contributed by atoms with van der Waals surface area (Å²) in [5.41, 5.74) is 16.3. The Bertz CT molecular complexity index is 1900. The van der Waals surface area contributed by atoms with Crippen LogP contribution in [-0.2, 0) is 17.1 Å². The van der Waals surface area contributed by atoms with E-state index in [2.05, 4.69) is 186 Å². The third-order valence-electron chi connectivity index (χ3n) is 9.52. The molecule has 274 valence electrons. The van der Waals surface area contributed by atoms with Crippen molar-refractivity contribution in [1.29, 1.82) is 0 Å². The third-order valence-corrected chi connectivity index (χ3v) is 9.52. The van der Waals surface area contributed by atoms with Crippen molar-refractivity contribution in [2.24, 2.45) is 0 Å². The maximum atomic E-state index is 4.35. The molecule has 1 saturated heterocycles. The SMILES string of the molecule is CC.[CH3-].[CH3-].[Fe+2].c1cc2[n-]ccc(N3CCCC3)c-2c1.c1ccc(-c2c(-c3ccccc3)c(-c3ccccc3)[c-](-c3ccccc3)c2-c2ccccc2)cc1. The summed E-state index contributed by atoms with van der Waals surface area (Å²) in [4.78, 5) is 6.81. The number of anilines is 1. The second-order valence-electron chi connectivity index (χ2n) is 12.6. The largest absolute Gasteiger partial charge is 2.00 e. The number of pyridine rings is 1. The fourth-order valence-corrected chi connectivity index (χ4v) is 7.34. The molecule has 0 saturated carbocycles. The smallest absolute Gasteiger partial charge is 0.663 e. The Morgan fingerprint density at radius 2 is 0.870 bits per heavy atom. The van der Waals surface area contributed by atoms with Crippen molar-refractivity contribution in [3.63, 3.8) is 0 Å². The van der Waals surface area contributed by atoms with Gasteiger partial charge in [-0.2, -0.15) is 6.20 Å². The first-order valence-corrected chi connectivity index (χ1v) is 18.3. The van der Waals surface area contributed by atoms with Gasteiger partial charge in [-0.1, -0.05) is 234 Å². The maximum Gasteiger partial charge on any atom is 2.00 e. The van der Waals surface area contributed by atoms with E-state index in [0.29, 0.717) is 0 Å². The number of benzene rings is 5. The van der Waals surface area contributed by atoms with Crippen molar-refractivity contribution in [1.82, 2.24) is 4.98 Å². The second kappa shape index (κ2) is 20.1. The van der Waals surface area contributed by atoms with E-state index in [1.165, 1.54) is 92.8 Å². The summed E-state index contributed by atoms with van der Waals surface area (Å²) in [5.74, 6) is 0. The van der Waals surface area contributed by atoms with Crippen LogP contribution in [0.2, 0.25) is 0 Å². The van der Waals surface area contributed by atoms with Crippen molar-refractivity contribution < 1.29 is 17.1 Å². The van der Waals surface area contributed by atoms with Gasteiger partial charge >= 0.3 is 17.1 Å². The molecule has 2 nitrogen and oxygen atoms in total. The van der Waals surface area contributed by atoms with Gasteiger partial charge in [0.2, 0.25) is 0 Å². The number of hydrogen-bond acceptors (Lipinski definition) is 1. The van der Waals surface area contributed by atoms with Crippen LogP contribution >= 0.6 is 0 Å². The summed E-state index contributed by atoms with van der Waals surface area (Å²) < 4.78 is 0. The van der Waals surface area contributed by atoms with E-state index in [1.807, 2.05) is 20.0 Å². The molecule has 6 aromatic carbocycles. The van der Waals surface area contributed by atoms with Crippen LogP contribution in [0, 0.1) is 14.9 Å². The van der Waals surface area contributed by atoms with Crippen LogP contribution in [0.1, 0.15) is 26.7 Å². The fraction of sp³-hybridized carbons (Fsp3) is 0.118. The van der Waals surface area contributed by atoms with E-state index >= 15 is 0 Å². The second-order valence-corrected chi connectivity index (χ2v) is 12.6. The van der Waals surface area contributed by atoms with Gasteiger partial charge in [0, 0.05) is 18.8 Å². The predicted molar refractivity (Wildman–Crippen MR) is 231 cm³/mol. The summed E-state index contributed by atoms with van der Waals surface area (Å²) in [5, 5.41) is 0. The van der Waals surface area contributed by atoms with E-state index in [9.17, 15) is 0 Å². The number of fused-ring (bicyclic) bond motifs is 1. The average Bonchev–Trinajstić information content (AvgIpc) is 4.01. The number of aromatic nitrogens is 1. The molecule has 0 N–H and O–H groups in total. The minimum absolute atomic E-state index is 0. The quantitative estimate of drug-likeness (QED) is 0.125. The first kappa shape index (κ1) is 41.3. The molecule has 0 radical (unpaired) electrons. The number of nitrogens with zero attached hydrogens (tertiary/aromatic N) is 2. The van der Waals surface area contributed by atoms with E-state index in [4.69, 9.17) is 0 Å². The fourth-order valence-electron chi connectivity index (χ4n) is 7.34. The zero-order chi connectivity index (χ0) is 34.8. The molecule has 2 heterocycles. The summed E-state index contributed by atoms with van der Waals surface area (Å²) in [6.07, 6.45) is 4.56. The van der Waals surface area contributed by atoms with Crippen molar-refractivity contribution in [3.05, 3.63) is 197 Å². The molecule has 9 rings (SSSR count). The van der Waals surface area contributed by atoms with Crippen molar-refractivity contribution in [3.8, 4) is 66.9 Å². The molecule has 0 bridgehead atoms. The standard InChI is InChI=1S/C35H25.C12H13N2.C2H6.2CH3.Fe/c1-6-16-26(17-7-1)31-32(27-18-8-2-9-19-27)34(29-22-12-4-13-23-29)35(30-24-14-5-15-25-30)33(31)28-20-10-3-11-21-28;1-2-9-14(8-1)12-6-7-13-11-5-3-4-10(11)12;1-2;;;/h1-25H;3-7H,1-2,8-9H2;1-2H3;2*1H3;/q2*-1;;2*-1;+2. The molecule has 1 fully saturated rings. The summed E-state index contributed by atoms with van der Waals surface area (Å²) in [6, 6.07) is 62.6. The van der Waals surface area contributed by atoms with Gasteiger partial charge in [-0.05, 0) is 29.5 Å². The Kier molecular flexibility index (Phi) is 15.4. The summed E-state index contributed by atoms with van der Waals surface area (Å²) in [6.45, 7) is 6.40. The van der Waals surface area contributed by atoms with Gasteiger partial charge in [0.05, 0.1) is 0 Å². The Hall–Kier alpha value is -5.47. The Morgan fingerprint density at radius 3 is 1.31 bits per heavy atom. The van der Waals surface area contributed by atoms with Gasteiger partial charge in [-0.3, -0.25) is 0 Å². The van der Waals surface area contributed by atoms with Crippen LogP contribution in [0.25, 0.3) is 66.9 Å². The molecule has 1 aliphatic carbocycles. The molecule has 54 heavy (non-hydrogen) atoms. The van der Waals surface area contributed by atoms with Crippen LogP contribution in [0.15, 0.2) is 182 Å². The van der Waals surface area contributed by atoms with Gasteiger partial charge < -0.3 is 24.7 Å². The molecule has 0 unspecified atom stereocenters. The number of rotatable bonds is 6. The van der Waals surface area contributed by atoms with Gasteiger partial charge in [0.1, 0.15) is 0 Å². The monoisotopic (exact) mass is 746 g/mol. The maximum absolute atomic E-state index is 4.35. The first-order chi connectivity index (χ1) is 25.4. The van der Waals surface area contributed by atoms with Gasteiger partial charge in [0.25, 0.3) is 0 Å². The van der Waals surface area contributed by atoms with Gasteiger partial charge in [-0.25, -0.2) is 0 Å². The van der Waals surface area contributed by atoms with E-state index < -0.39 is 0 Å². The molecular formula is C51H50FeN2-2. The molecule has 2 aliphatic heterocycles. The Morgan fingerprint density at radius 1 is 0.463 bits per heavy atom. The molecule has 0 spiro atoms. The minimum atomic E-state index is 0. The Labute approximate surface area is 334 Å². The zero-order valence-corrected chi connectivity index (χ0v) is 33.0. The van der Waals surface area contributed by atoms with Crippen molar-refractivity contribution >= 4 is 5.69 Å². The predicted octanol–water partition coefficient (Wildman–Crippen LogP) is 14.0. The Balaban J connectivity index is 0.000000288. The molecular weight excluding hydrogens is 696 g/mol. The number of hydrogen-bond donors (Lipinski definition) is 0. The topological polar surface area (TPSA) is 17.3 Å². The van der Waals surface area contributed by atoms with E-state index in [-0.39, 0.29) is 31.9 Å². The third kappa shape index (κ3) is 8.66. The zero-order valence-electron chi connectivity index (χ0n) is 31.9. The van der Waals surface area contributed by atoms with Gasteiger partial charge in [-0.15, -0.1) is 5.69 Å². The van der Waals surface area contributed by atoms with E-state index in [1.54, 1.807) is 0 Å². The average molecular weight is 747 g/mol. The van der Waals surface area contributed by atoms with Crippen molar-refractivity contribution in [2.75, 3.05) is 18.0 Å². The van der Waals surface area contributed by atoms with Crippen LogP contribution < -0.4 is 9.88 Å². The first-order valence-electron chi connectivity index (χ1n) is 18.3. The molecule has 3 heteroatoms. The normalized spacial score (nSPS) is 11.5. The van der Waals surface area contributed by atoms with Crippen LogP contribution in [0.5, 0.6) is 0 Å². The van der Waals surface area contributed by atoms with Crippen LogP contribution in [0.4, 0.5) is 5.69 Å². The van der Waals surface area contributed by atoms with Crippen molar-refractivity contribution in [2.45, 2.75) is 26.7 Å². The molecule has 0 aromatic heterocycles. The van der Waals surface area contributed by atoms with E-state index in [0.717, 1.165) is 5.69 Å². The summed E-state index contributed by atoms with van der Waals surface area (Å²) >= 11 is 0. The molecule has 0 amide bonds. The van der Waals surface area contributed by atoms with Crippen LogP contribution in [-0.4, -0.2) is 13.1 Å². The molecule has 0 atom stereocenters. The molecule has 3 aliphatic rings. The van der Waals surface area contributed by atoms with Gasteiger partial charge in [0.15, 0.2) is 0 Å². The molecule has 6 aromatic rings. The van der Waals surface area contributed by atoms with Crippen LogP contribution in [0.3, 0.4) is 0 Å². The summed E-state index contributed by atoms with van der Waals surface area (Å²) in [7, 11) is 0. The minimum Gasteiger partial charge on any atom is -0.663 e.